The van der Waals surface area contributed by atoms with Gasteiger partial charge in [-0.15, -0.1) is 0 Å². The van der Waals surface area contributed by atoms with E-state index in [9.17, 15) is 20.1 Å². The summed E-state index contributed by atoms with van der Waals surface area (Å²) in [5.41, 5.74) is 7.40. The van der Waals surface area contributed by atoms with Gasteiger partial charge in [-0.3, -0.25) is 4.79 Å². The largest absolute Gasteiger partial charge is 0.444 e. The van der Waals surface area contributed by atoms with Gasteiger partial charge in [0.15, 0.2) is 0 Å². The Morgan fingerprint density at radius 2 is 1.74 bits per heavy atom. The van der Waals surface area contributed by atoms with Gasteiger partial charge >= 0.3 is 6.09 Å². The van der Waals surface area contributed by atoms with Crippen molar-refractivity contribution in [1.29, 1.82) is 10.5 Å². The highest BCUT2D eigenvalue weighted by Gasteiger charge is 2.36. The van der Waals surface area contributed by atoms with Gasteiger partial charge in [0.25, 0.3) is 0 Å². The maximum absolute atomic E-state index is 12.4. The Hall–Kier alpha value is -3.76. The summed E-state index contributed by atoms with van der Waals surface area (Å²) in [5, 5.41) is 22.9. The highest BCUT2D eigenvalue weighted by atomic mass is 32.2. The van der Waals surface area contributed by atoms with E-state index in [4.69, 9.17) is 15.5 Å². The third-order valence-electron chi connectivity index (χ3n) is 6.50. The van der Waals surface area contributed by atoms with E-state index in [1.807, 2.05) is 56.0 Å². The normalized spacial score (nSPS) is 16.7. The molecule has 1 aromatic heterocycles. The Balaban J connectivity index is 1.64. The summed E-state index contributed by atoms with van der Waals surface area (Å²) in [7, 11) is 0. The van der Waals surface area contributed by atoms with Gasteiger partial charge in [0.05, 0.1) is 11.1 Å². The molecule has 1 saturated heterocycles. The average molecular weight is 533 g/mol. The molecule has 1 aliphatic carbocycles. The first-order valence-electron chi connectivity index (χ1n) is 12.7. The van der Waals surface area contributed by atoms with Crippen molar-refractivity contribution in [1.82, 2.24) is 10.3 Å². The number of carbonyl (C=O) groups is 2. The van der Waals surface area contributed by atoms with Crippen LogP contribution in [0, 0.1) is 22.7 Å². The number of alkyl carbamates (subject to hydrolysis) is 1. The fraction of sp³-hybridized carbons (Fsp3) is 0.464. The van der Waals surface area contributed by atoms with Crippen LogP contribution in [0.4, 0.5) is 10.6 Å². The highest BCUT2D eigenvalue weighted by Crippen LogP contribution is 2.48. The number of nitrogens with one attached hydrogen (secondary N) is 1. The number of hydrogen-bond donors (Lipinski definition) is 2. The monoisotopic (exact) mass is 532 g/mol. The van der Waals surface area contributed by atoms with E-state index in [0.717, 1.165) is 30.2 Å². The Bertz CT molecular complexity index is 1280. The summed E-state index contributed by atoms with van der Waals surface area (Å²) in [6, 6.07) is 13.7. The number of primary amides is 1. The number of anilines is 1. The van der Waals surface area contributed by atoms with Crippen molar-refractivity contribution >= 4 is 29.6 Å². The predicted octanol–water partition coefficient (Wildman–Crippen LogP) is 4.51. The van der Waals surface area contributed by atoms with Gasteiger partial charge in [0.1, 0.15) is 33.8 Å². The van der Waals surface area contributed by atoms with Gasteiger partial charge in [0, 0.05) is 19.1 Å². The first-order valence-corrected chi connectivity index (χ1v) is 13.6. The van der Waals surface area contributed by atoms with Crippen molar-refractivity contribution in [3.8, 4) is 12.1 Å². The van der Waals surface area contributed by atoms with Crippen LogP contribution in [0.5, 0.6) is 0 Å². The molecule has 10 heteroatoms. The number of nitrogens with zero attached hydrogens (tertiary/aromatic N) is 4. The van der Waals surface area contributed by atoms with Crippen LogP contribution in [0.15, 0.2) is 35.4 Å². The Morgan fingerprint density at radius 3 is 2.26 bits per heavy atom. The van der Waals surface area contributed by atoms with Crippen LogP contribution in [0.3, 0.4) is 0 Å². The number of amides is 2. The molecule has 1 aromatic carbocycles. The van der Waals surface area contributed by atoms with Crippen molar-refractivity contribution in [2.75, 3.05) is 18.0 Å². The van der Waals surface area contributed by atoms with Crippen LogP contribution in [0.2, 0.25) is 0 Å². The van der Waals surface area contributed by atoms with Crippen LogP contribution >= 0.6 is 11.8 Å². The number of carbonyl (C=O) groups excluding carboxylic acids is 2. The van der Waals surface area contributed by atoms with Gasteiger partial charge in [-0.1, -0.05) is 42.1 Å². The number of benzene rings is 1. The molecule has 2 heterocycles. The van der Waals surface area contributed by atoms with E-state index in [2.05, 4.69) is 17.5 Å². The molecule has 1 saturated carbocycles. The Morgan fingerprint density at radius 1 is 1.11 bits per heavy atom. The number of hydrogen-bond acceptors (Lipinski definition) is 8. The van der Waals surface area contributed by atoms with E-state index in [1.165, 1.54) is 0 Å². The van der Waals surface area contributed by atoms with Crippen molar-refractivity contribution in [2.45, 2.75) is 74.3 Å². The molecule has 9 nitrogen and oxygen atoms in total. The van der Waals surface area contributed by atoms with E-state index < -0.39 is 22.9 Å². The third kappa shape index (κ3) is 6.38. The Kier molecular flexibility index (Phi) is 8.13. The summed E-state index contributed by atoms with van der Waals surface area (Å²) < 4.78 is 5.38. The van der Waals surface area contributed by atoms with Crippen molar-refractivity contribution in [3.05, 3.63) is 52.6 Å². The van der Waals surface area contributed by atoms with Crippen LogP contribution in [-0.2, 0) is 9.53 Å². The molecular formula is C28H32N6O3S. The smallest absolute Gasteiger partial charge is 0.407 e. The topological polar surface area (TPSA) is 145 Å². The SMILES string of the molecule is CC(C)(C)OC(=O)NC1CCN(c2nc(SC(C(N)=O)c3ccccc3)c(C#N)c(C3CC3)c2C#N)CC1. The molecule has 2 aromatic rings. The van der Waals surface area contributed by atoms with E-state index in [1.54, 1.807) is 0 Å². The zero-order valence-electron chi connectivity index (χ0n) is 21.9. The fourth-order valence-electron chi connectivity index (χ4n) is 4.62. The molecule has 198 valence electrons. The number of thioether (sulfide) groups is 1. The predicted molar refractivity (Wildman–Crippen MR) is 144 cm³/mol. The second-order valence-electron chi connectivity index (χ2n) is 10.6. The van der Waals surface area contributed by atoms with Crippen molar-refractivity contribution in [3.63, 3.8) is 0 Å². The number of piperidine rings is 1. The summed E-state index contributed by atoms with van der Waals surface area (Å²) in [5.74, 6) is 0.109. The number of rotatable bonds is 7. The average Bonchev–Trinajstić information content (AvgIpc) is 3.71. The summed E-state index contributed by atoms with van der Waals surface area (Å²) in [6.45, 7) is 6.61. The highest BCUT2D eigenvalue weighted by molar-refractivity contribution is 8.00. The maximum Gasteiger partial charge on any atom is 0.407 e. The van der Waals surface area contributed by atoms with E-state index in [0.29, 0.717) is 53.5 Å². The van der Waals surface area contributed by atoms with Crippen LogP contribution in [0.1, 0.15) is 79.9 Å². The molecule has 1 aliphatic heterocycles. The quantitative estimate of drug-likeness (QED) is 0.495. The Labute approximate surface area is 227 Å². The molecule has 2 amide bonds. The molecule has 2 fully saturated rings. The van der Waals surface area contributed by atoms with Crippen molar-refractivity contribution < 1.29 is 14.3 Å². The van der Waals surface area contributed by atoms with Gasteiger partial charge in [-0.2, -0.15) is 10.5 Å². The molecule has 1 atom stereocenters. The van der Waals surface area contributed by atoms with E-state index >= 15 is 0 Å². The second-order valence-corrected chi connectivity index (χ2v) is 11.7. The summed E-state index contributed by atoms with van der Waals surface area (Å²) >= 11 is 1.15. The molecule has 3 N–H and O–H groups in total. The second kappa shape index (κ2) is 11.3. The zero-order valence-corrected chi connectivity index (χ0v) is 22.7. The molecule has 0 spiro atoms. The molecule has 2 aliphatic rings. The van der Waals surface area contributed by atoms with Crippen LogP contribution < -0.4 is 16.0 Å². The minimum Gasteiger partial charge on any atom is -0.444 e. The standard InChI is InChI=1S/C28H32N6O3S/c1-28(2,3)37-27(36)32-19-11-13-34(14-12-19)25-20(15-29)22(17-9-10-17)21(16-30)26(33-25)38-23(24(31)35)18-7-5-4-6-8-18/h4-8,17,19,23H,9-14H2,1-3H3,(H2,31,35)(H,32,36). The lowest BCUT2D eigenvalue weighted by molar-refractivity contribution is -0.117. The van der Waals surface area contributed by atoms with Gasteiger partial charge in [-0.25, -0.2) is 9.78 Å². The van der Waals surface area contributed by atoms with E-state index in [-0.39, 0.29) is 12.0 Å². The lowest BCUT2D eigenvalue weighted by Gasteiger charge is -2.34. The maximum atomic E-state index is 12.4. The molecular weight excluding hydrogens is 500 g/mol. The lowest BCUT2D eigenvalue weighted by atomic mass is 9.98. The number of aromatic nitrogens is 1. The van der Waals surface area contributed by atoms with Gasteiger partial charge < -0.3 is 20.7 Å². The number of nitrogens with two attached hydrogens (primary N) is 1. The van der Waals surface area contributed by atoms with Crippen LogP contribution in [0.25, 0.3) is 0 Å². The molecule has 1 unspecified atom stereocenters. The van der Waals surface area contributed by atoms with Gasteiger partial charge in [0.2, 0.25) is 5.91 Å². The number of pyridine rings is 1. The molecule has 0 radical (unpaired) electrons. The first kappa shape index (κ1) is 27.3. The molecule has 0 bridgehead atoms. The molecule has 38 heavy (non-hydrogen) atoms. The zero-order chi connectivity index (χ0) is 27.4. The van der Waals surface area contributed by atoms with Crippen molar-refractivity contribution in [2.24, 2.45) is 5.73 Å². The number of nitriles is 2. The lowest BCUT2D eigenvalue weighted by Crippen LogP contribution is -2.46. The third-order valence-corrected chi connectivity index (χ3v) is 7.76. The van der Waals surface area contributed by atoms with Gasteiger partial charge in [-0.05, 0) is 63.5 Å². The van der Waals surface area contributed by atoms with Crippen LogP contribution in [-0.4, -0.2) is 41.7 Å². The molecule has 4 rings (SSSR count). The minimum atomic E-state index is -0.729. The minimum absolute atomic E-state index is 0.0564. The fourth-order valence-corrected chi connectivity index (χ4v) is 5.67. The first-order chi connectivity index (χ1) is 18.1. The summed E-state index contributed by atoms with van der Waals surface area (Å²) in [4.78, 5) is 31.5. The number of ether oxygens (including phenoxy) is 1. The summed E-state index contributed by atoms with van der Waals surface area (Å²) in [6.07, 6.45) is 2.66.